The van der Waals surface area contributed by atoms with E-state index < -0.39 is 6.04 Å². The fraction of sp³-hybridized carbons (Fsp3) is 0.143. The number of para-hydroxylation sites is 1. The first-order valence-electron chi connectivity index (χ1n) is 8.50. The zero-order valence-corrected chi connectivity index (χ0v) is 14.9. The minimum Gasteiger partial charge on any atom is -0.349 e. The topological polar surface area (TPSA) is 49.4 Å². The minimum atomic E-state index is -0.528. The molecule has 3 aromatic rings. The molecule has 0 spiro atoms. The van der Waals surface area contributed by atoms with E-state index in [1.165, 1.54) is 0 Å². The zero-order chi connectivity index (χ0) is 17.9. The summed E-state index contributed by atoms with van der Waals surface area (Å²) < 4.78 is 0. The van der Waals surface area contributed by atoms with Gasteiger partial charge in [-0.05, 0) is 35.2 Å². The van der Waals surface area contributed by atoms with Gasteiger partial charge in [0.15, 0.2) is 0 Å². The summed E-state index contributed by atoms with van der Waals surface area (Å²) in [5.74, 6) is -0.272. The van der Waals surface area contributed by atoms with Gasteiger partial charge in [-0.15, -0.1) is 11.3 Å². The Morgan fingerprint density at radius 1 is 1.00 bits per heavy atom. The van der Waals surface area contributed by atoms with Crippen LogP contribution in [0.3, 0.4) is 0 Å². The van der Waals surface area contributed by atoms with E-state index >= 15 is 0 Å². The first-order valence-corrected chi connectivity index (χ1v) is 9.38. The smallest absolute Gasteiger partial charge is 0.259 e. The molecule has 4 nitrogen and oxygen atoms in total. The fourth-order valence-electron chi connectivity index (χ4n) is 3.27. The van der Waals surface area contributed by atoms with Gasteiger partial charge in [-0.1, -0.05) is 42.5 Å². The molecule has 2 amide bonds. The molecule has 130 valence electrons. The van der Waals surface area contributed by atoms with Crippen LogP contribution in [0.5, 0.6) is 0 Å². The number of thiophene rings is 1. The molecule has 0 saturated heterocycles. The Bertz CT molecular complexity index is 922. The molecule has 1 N–H and O–H groups in total. The average molecular weight is 362 g/mol. The largest absolute Gasteiger partial charge is 0.349 e. The summed E-state index contributed by atoms with van der Waals surface area (Å²) in [6.07, 6.45) is 0.533. The highest BCUT2D eigenvalue weighted by Gasteiger charge is 2.38. The highest BCUT2D eigenvalue weighted by atomic mass is 32.1. The quantitative estimate of drug-likeness (QED) is 0.770. The monoisotopic (exact) mass is 362 g/mol. The summed E-state index contributed by atoms with van der Waals surface area (Å²) >= 11 is 1.60. The summed E-state index contributed by atoms with van der Waals surface area (Å²) in [4.78, 5) is 28.7. The van der Waals surface area contributed by atoms with Crippen LogP contribution in [0.25, 0.3) is 0 Å². The maximum absolute atomic E-state index is 13.1. The molecule has 1 aromatic heterocycles. The number of carbonyl (C=O) groups excluding carboxylic acids is 2. The van der Waals surface area contributed by atoms with Crippen LogP contribution >= 0.6 is 11.3 Å². The average Bonchev–Trinajstić information content (AvgIpc) is 3.34. The van der Waals surface area contributed by atoms with E-state index in [9.17, 15) is 9.59 Å². The minimum absolute atomic E-state index is 0.126. The lowest BCUT2D eigenvalue weighted by atomic mass is 10.1. The van der Waals surface area contributed by atoms with E-state index in [1.54, 1.807) is 28.4 Å². The van der Waals surface area contributed by atoms with Crippen molar-refractivity contribution in [1.29, 1.82) is 0 Å². The molecular formula is C21H18N2O2S. The molecule has 26 heavy (non-hydrogen) atoms. The number of rotatable bonds is 4. The Morgan fingerprint density at radius 2 is 1.77 bits per heavy atom. The third-order valence-corrected chi connectivity index (χ3v) is 5.41. The molecule has 0 bridgehead atoms. The van der Waals surface area contributed by atoms with Crippen molar-refractivity contribution in [2.75, 3.05) is 4.90 Å². The van der Waals surface area contributed by atoms with Crippen LogP contribution in [0, 0.1) is 0 Å². The van der Waals surface area contributed by atoms with Crippen molar-refractivity contribution < 1.29 is 9.59 Å². The summed E-state index contributed by atoms with van der Waals surface area (Å²) in [6, 6.07) is 20.3. The van der Waals surface area contributed by atoms with Crippen molar-refractivity contribution >= 4 is 28.8 Å². The van der Waals surface area contributed by atoms with Gasteiger partial charge in [0.05, 0.1) is 6.54 Å². The van der Waals surface area contributed by atoms with Crippen molar-refractivity contribution in [3.05, 3.63) is 88.1 Å². The first-order chi connectivity index (χ1) is 12.7. The van der Waals surface area contributed by atoms with E-state index in [0.717, 1.165) is 16.1 Å². The number of anilines is 1. The third kappa shape index (κ3) is 3.13. The second kappa shape index (κ2) is 7.14. The number of hydrogen-bond acceptors (Lipinski definition) is 3. The molecule has 4 rings (SSSR count). The maximum Gasteiger partial charge on any atom is 0.259 e. The van der Waals surface area contributed by atoms with E-state index in [0.29, 0.717) is 18.5 Å². The van der Waals surface area contributed by atoms with Crippen LogP contribution in [0.15, 0.2) is 72.1 Å². The first kappa shape index (κ1) is 16.5. The van der Waals surface area contributed by atoms with Crippen molar-refractivity contribution in [1.82, 2.24) is 5.32 Å². The van der Waals surface area contributed by atoms with E-state index in [4.69, 9.17) is 0 Å². The fourth-order valence-corrected chi connectivity index (χ4v) is 3.92. The van der Waals surface area contributed by atoms with Crippen LogP contribution in [-0.2, 0) is 17.8 Å². The Labute approximate surface area is 156 Å². The van der Waals surface area contributed by atoms with Gasteiger partial charge in [0, 0.05) is 22.5 Å². The molecule has 0 aliphatic carbocycles. The highest BCUT2D eigenvalue weighted by molar-refractivity contribution is 7.09. The number of hydrogen-bond donors (Lipinski definition) is 1. The molecule has 1 atom stereocenters. The van der Waals surface area contributed by atoms with Crippen molar-refractivity contribution in [3.63, 3.8) is 0 Å². The predicted molar refractivity (Wildman–Crippen MR) is 103 cm³/mol. The normalized spacial score (nSPS) is 15.5. The Hall–Kier alpha value is -2.92. The van der Waals surface area contributed by atoms with Crippen LogP contribution in [0.2, 0.25) is 0 Å². The highest BCUT2D eigenvalue weighted by Crippen LogP contribution is 2.33. The van der Waals surface area contributed by atoms with Crippen molar-refractivity contribution in [2.45, 2.75) is 19.0 Å². The van der Waals surface area contributed by atoms with Gasteiger partial charge < -0.3 is 5.32 Å². The van der Waals surface area contributed by atoms with Crippen molar-refractivity contribution in [3.8, 4) is 0 Å². The van der Waals surface area contributed by atoms with E-state index in [1.807, 2.05) is 60.0 Å². The third-order valence-electron chi connectivity index (χ3n) is 4.54. The molecule has 0 radical (unpaired) electrons. The number of amides is 2. The standard InChI is InChI=1S/C21H18N2O2S/c24-20(22-14-17-10-6-12-26-17)19-13-16-9-4-5-11-18(16)23(19)21(25)15-7-2-1-3-8-15/h1-12,19H,13-14H2,(H,22,24)/t19-/m1/s1. The lowest BCUT2D eigenvalue weighted by Crippen LogP contribution is -2.47. The number of carbonyl (C=O) groups is 2. The second-order valence-electron chi connectivity index (χ2n) is 6.19. The summed E-state index contributed by atoms with van der Waals surface area (Å²) in [7, 11) is 0. The Morgan fingerprint density at radius 3 is 2.54 bits per heavy atom. The van der Waals surface area contributed by atoms with Crippen LogP contribution in [0.1, 0.15) is 20.8 Å². The predicted octanol–water partition coefficient (Wildman–Crippen LogP) is 3.64. The Kier molecular flexibility index (Phi) is 4.54. The van der Waals surface area contributed by atoms with Gasteiger partial charge in [-0.3, -0.25) is 14.5 Å². The zero-order valence-electron chi connectivity index (χ0n) is 14.1. The summed E-state index contributed by atoms with van der Waals surface area (Å²) in [5, 5.41) is 4.96. The molecule has 0 saturated carbocycles. The molecule has 0 unspecified atom stereocenters. The number of benzene rings is 2. The van der Waals surface area contributed by atoms with Gasteiger partial charge in [-0.2, -0.15) is 0 Å². The van der Waals surface area contributed by atoms with E-state index in [2.05, 4.69) is 5.32 Å². The van der Waals surface area contributed by atoms with E-state index in [-0.39, 0.29) is 11.8 Å². The number of nitrogens with zero attached hydrogens (tertiary/aromatic N) is 1. The molecular weight excluding hydrogens is 344 g/mol. The molecule has 5 heteroatoms. The molecule has 1 aliphatic rings. The molecule has 2 heterocycles. The van der Waals surface area contributed by atoms with Gasteiger partial charge in [0.25, 0.3) is 5.91 Å². The maximum atomic E-state index is 13.1. The molecule has 1 aliphatic heterocycles. The van der Waals surface area contributed by atoms with Gasteiger partial charge in [0.1, 0.15) is 6.04 Å². The SMILES string of the molecule is O=C(NCc1cccs1)[C@H]1Cc2ccccc2N1C(=O)c1ccccc1. The van der Waals surface area contributed by atoms with Crippen LogP contribution in [-0.4, -0.2) is 17.9 Å². The van der Waals surface area contributed by atoms with Crippen LogP contribution < -0.4 is 10.2 Å². The second-order valence-corrected chi connectivity index (χ2v) is 7.22. The lowest BCUT2D eigenvalue weighted by Gasteiger charge is -2.25. The van der Waals surface area contributed by atoms with Crippen molar-refractivity contribution in [2.24, 2.45) is 0 Å². The summed E-state index contributed by atoms with van der Waals surface area (Å²) in [5.41, 5.74) is 2.42. The Balaban J connectivity index is 1.61. The summed E-state index contributed by atoms with van der Waals surface area (Å²) in [6.45, 7) is 0.483. The molecule has 2 aromatic carbocycles. The van der Waals surface area contributed by atoms with Crippen LogP contribution in [0.4, 0.5) is 5.69 Å². The van der Waals surface area contributed by atoms with Gasteiger partial charge in [-0.25, -0.2) is 0 Å². The van der Waals surface area contributed by atoms with Gasteiger partial charge in [0.2, 0.25) is 5.91 Å². The number of fused-ring (bicyclic) bond motifs is 1. The lowest BCUT2D eigenvalue weighted by molar-refractivity contribution is -0.122. The number of nitrogens with one attached hydrogen (secondary N) is 1. The molecule has 0 fully saturated rings. The van der Waals surface area contributed by atoms with Gasteiger partial charge >= 0.3 is 0 Å².